The lowest BCUT2D eigenvalue weighted by atomic mass is 10.1. The maximum atomic E-state index is 13.0. The van der Waals surface area contributed by atoms with Gasteiger partial charge in [0.1, 0.15) is 10.8 Å². The van der Waals surface area contributed by atoms with Crippen molar-refractivity contribution in [2.45, 2.75) is 4.34 Å². The number of rotatable bonds is 2. The summed E-state index contributed by atoms with van der Waals surface area (Å²) in [7, 11) is 0. The first kappa shape index (κ1) is 11.0. The fourth-order valence-electron chi connectivity index (χ4n) is 1.20. The molecule has 0 unspecified atom stereocenters. The molecule has 0 aliphatic carbocycles. The summed E-state index contributed by atoms with van der Waals surface area (Å²) in [4.78, 5) is 10.9. The molecule has 0 atom stereocenters. The normalized spacial score (nSPS) is 10.4. The monoisotopic (exact) mass is 256 g/mol. The third kappa shape index (κ3) is 2.05. The molecule has 0 fully saturated rings. The summed E-state index contributed by atoms with van der Waals surface area (Å²) in [6.07, 6.45) is 0. The number of benzene rings is 1. The minimum atomic E-state index is -1.13. The summed E-state index contributed by atoms with van der Waals surface area (Å²) in [5.74, 6) is -1.65. The van der Waals surface area contributed by atoms with Crippen LogP contribution in [0.5, 0.6) is 0 Å². The summed E-state index contributed by atoms with van der Waals surface area (Å²) >= 11 is 5.06. The molecule has 0 spiro atoms. The van der Waals surface area contributed by atoms with Gasteiger partial charge in [-0.05, 0) is 18.2 Å². The topological polar surface area (TPSA) is 63.1 Å². The van der Waals surface area contributed by atoms with Crippen LogP contribution in [0.1, 0.15) is 10.4 Å². The first-order valence-electron chi connectivity index (χ1n) is 4.13. The van der Waals surface area contributed by atoms with Crippen LogP contribution in [-0.2, 0) is 0 Å². The van der Waals surface area contributed by atoms with Gasteiger partial charge in [0.05, 0.1) is 5.56 Å². The van der Waals surface area contributed by atoms with E-state index >= 15 is 0 Å². The molecule has 0 aliphatic heterocycles. The fourth-order valence-corrected chi connectivity index (χ4v) is 2.12. The number of thiol groups is 1. The average Bonchev–Trinajstić information content (AvgIpc) is 2.64. The summed E-state index contributed by atoms with van der Waals surface area (Å²) in [5, 5.41) is 16.6. The van der Waals surface area contributed by atoms with Crippen LogP contribution in [0.15, 0.2) is 22.5 Å². The largest absolute Gasteiger partial charge is 0.478 e. The fraction of sp³-hybridized carbons (Fsp3) is 0. The maximum absolute atomic E-state index is 13.0. The summed E-state index contributed by atoms with van der Waals surface area (Å²) in [6.45, 7) is 0. The molecule has 1 aromatic heterocycles. The Kier molecular flexibility index (Phi) is 2.88. The molecule has 7 heteroatoms. The minimum absolute atomic E-state index is 0.00844. The lowest BCUT2D eigenvalue weighted by Crippen LogP contribution is -1.99. The third-order valence-corrected chi connectivity index (χ3v) is 2.98. The highest BCUT2D eigenvalue weighted by atomic mass is 32.2. The number of halogens is 1. The van der Waals surface area contributed by atoms with Crippen molar-refractivity contribution >= 4 is 29.9 Å². The van der Waals surface area contributed by atoms with Crippen LogP contribution in [0.3, 0.4) is 0 Å². The molecule has 4 nitrogen and oxygen atoms in total. The zero-order valence-corrected chi connectivity index (χ0v) is 9.43. The second-order valence-corrected chi connectivity index (χ2v) is 4.59. The lowest BCUT2D eigenvalue weighted by Gasteiger charge is -2.01. The molecular weight excluding hydrogens is 251 g/mol. The number of carboxylic acids is 1. The maximum Gasteiger partial charge on any atom is 0.336 e. The van der Waals surface area contributed by atoms with Gasteiger partial charge < -0.3 is 5.11 Å². The Labute approximate surface area is 99.2 Å². The van der Waals surface area contributed by atoms with Gasteiger partial charge in [-0.25, -0.2) is 9.18 Å². The molecule has 16 heavy (non-hydrogen) atoms. The molecular formula is C9H5FN2O2S2. The van der Waals surface area contributed by atoms with Gasteiger partial charge in [-0.1, -0.05) is 11.3 Å². The molecule has 0 amide bonds. The molecule has 1 aromatic carbocycles. The number of nitrogens with zero attached hydrogens (tertiary/aromatic N) is 2. The number of aromatic nitrogens is 2. The number of carboxylic acid groups (broad SMARTS) is 1. The van der Waals surface area contributed by atoms with Gasteiger partial charge in [-0.3, -0.25) is 0 Å². The van der Waals surface area contributed by atoms with Crippen LogP contribution in [0.2, 0.25) is 0 Å². The molecule has 0 saturated carbocycles. The second kappa shape index (κ2) is 4.18. The minimum Gasteiger partial charge on any atom is -0.478 e. The van der Waals surface area contributed by atoms with Gasteiger partial charge in [-0.2, -0.15) is 0 Å². The smallest absolute Gasteiger partial charge is 0.336 e. The van der Waals surface area contributed by atoms with Crippen LogP contribution < -0.4 is 0 Å². The molecule has 1 N–H and O–H groups in total. The highest BCUT2D eigenvalue weighted by Crippen LogP contribution is 2.28. The van der Waals surface area contributed by atoms with Crippen molar-refractivity contribution in [1.82, 2.24) is 10.2 Å². The first-order chi connectivity index (χ1) is 7.58. The summed E-state index contributed by atoms with van der Waals surface area (Å²) < 4.78 is 13.4. The molecule has 2 aromatic rings. The van der Waals surface area contributed by atoms with Crippen molar-refractivity contribution in [3.05, 3.63) is 29.6 Å². The third-order valence-electron chi connectivity index (χ3n) is 1.86. The Morgan fingerprint density at radius 2 is 2.19 bits per heavy atom. The van der Waals surface area contributed by atoms with Crippen molar-refractivity contribution in [1.29, 1.82) is 0 Å². The Hall–Kier alpha value is -1.47. The van der Waals surface area contributed by atoms with Crippen LogP contribution in [0.25, 0.3) is 10.6 Å². The van der Waals surface area contributed by atoms with Gasteiger partial charge in [-0.15, -0.1) is 22.8 Å². The van der Waals surface area contributed by atoms with Crippen LogP contribution in [-0.4, -0.2) is 21.3 Å². The molecule has 1 heterocycles. The quantitative estimate of drug-likeness (QED) is 0.809. The molecule has 0 bridgehead atoms. The van der Waals surface area contributed by atoms with Crippen molar-refractivity contribution in [3.63, 3.8) is 0 Å². The van der Waals surface area contributed by atoms with Gasteiger partial charge in [0.15, 0.2) is 4.34 Å². The van der Waals surface area contributed by atoms with E-state index in [9.17, 15) is 9.18 Å². The predicted molar refractivity (Wildman–Crippen MR) is 59.5 cm³/mol. The van der Waals surface area contributed by atoms with Crippen LogP contribution in [0, 0.1) is 5.82 Å². The highest BCUT2D eigenvalue weighted by molar-refractivity contribution is 7.82. The Balaban J connectivity index is 2.62. The van der Waals surface area contributed by atoms with Crippen LogP contribution >= 0.6 is 24.0 Å². The second-order valence-electron chi connectivity index (χ2n) is 2.88. The molecule has 0 aliphatic rings. The van der Waals surface area contributed by atoms with E-state index in [1.54, 1.807) is 0 Å². The SMILES string of the molecule is O=C(O)c1ccc(F)cc1-c1nnc(S)s1. The van der Waals surface area contributed by atoms with E-state index in [4.69, 9.17) is 5.11 Å². The summed E-state index contributed by atoms with van der Waals surface area (Å²) in [6, 6.07) is 3.42. The van der Waals surface area contributed by atoms with E-state index in [2.05, 4.69) is 22.8 Å². The van der Waals surface area contributed by atoms with Crippen molar-refractivity contribution in [2.75, 3.05) is 0 Å². The molecule has 0 radical (unpaired) electrons. The van der Waals surface area contributed by atoms with Crippen molar-refractivity contribution in [3.8, 4) is 10.6 Å². The first-order valence-corrected chi connectivity index (χ1v) is 5.40. The number of hydrogen-bond donors (Lipinski definition) is 2. The van der Waals surface area contributed by atoms with Crippen molar-refractivity contribution in [2.24, 2.45) is 0 Å². The van der Waals surface area contributed by atoms with Gasteiger partial charge in [0.2, 0.25) is 0 Å². The van der Waals surface area contributed by atoms with E-state index < -0.39 is 11.8 Å². The Morgan fingerprint density at radius 3 is 2.75 bits per heavy atom. The molecule has 2 rings (SSSR count). The van der Waals surface area contributed by atoms with E-state index in [1.807, 2.05) is 0 Å². The van der Waals surface area contributed by atoms with E-state index in [0.29, 0.717) is 9.35 Å². The van der Waals surface area contributed by atoms with Gasteiger partial charge in [0, 0.05) is 5.56 Å². The van der Waals surface area contributed by atoms with E-state index in [1.165, 1.54) is 6.07 Å². The molecule has 0 saturated heterocycles. The van der Waals surface area contributed by atoms with Gasteiger partial charge in [0.25, 0.3) is 0 Å². The zero-order valence-electron chi connectivity index (χ0n) is 7.72. The van der Waals surface area contributed by atoms with E-state index in [0.717, 1.165) is 23.5 Å². The van der Waals surface area contributed by atoms with Crippen molar-refractivity contribution < 1.29 is 14.3 Å². The predicted octanol–water partition coefficient (Wildman–Crippen LogP) is 2.33. The lowest BCUT2D eigenvalue weighted by molar-refractivity contribution is 0.0697. The van der Waals surface area contributed by atoms with E-state index in [-0.39, 0.29) is 11.1 Å². The van der Waals surface area contributed by atoms with Crippen LogP contribution in [0.4, 0.5) is 4.39 Å². The zero-order chi connectivity index (χ0) is 11.7. The highest BCUT2D eigenvalue weighted by Gasteiger charge is 2.15. The Morgan fingerprint density at radius 1 is 1.44 bits per heavy atom. The number of aromatic carboxylic acids is 1. The Bertz CT molecular complexity index is 556. The average molecular weight is 256 g/mol. The number of carbonyl (C=O) groups is 1. The van der Waals surface area contributed by atoms with Gasteiger partial charge >= 0.3 is 5.97 Å². The molecule has 82 valence electrons. The summed E-state index contributed by atoms with van der Waals surface area (Å²) in [5.41, 5.74) is 0.205. The number of hydrogen-bond acceptors (Lipinski definition) is 5. The standard InChI is InChI=1S/C9H5FN2O2S2/c10-4-1-2-5(8(13)14)6(3-4)7-11-12-9(15)16-7/h1-3H,(H,12,15)(H,13,14).